The molecule has 33 heavy (non-hydrogen) atoms. The Morgan fingerprint density at radius 1 is 1.15 bits per heavy atom. The van der Waals surface area contributed by atoms with E-state index in [4.69, 9.17) is 9.47 Å². The molecule has 9 heteroatoms. The van der Waals surface area contributed by atoms with Crippen LogP contribution in [0.15, 0.2) is 36.4 Å². The SMILES string of the molecule is COc1c(C[C@H](NC(=O)Cc2ccc3c(c2)CNC3)B(O)O)cccc1C(=O)OC(C)(C)C. The first-order chi connectivity index (χ1) is 15.6. The standard InChI is InChI=1S/C24H31BN2O6/c1-24(2,3)33-23(29)19-7-5-6-16(22(19)32-4)12-20(25(30)31)27-21(28)11-15-8-9-17-13-26-14-18(17)10-15/h5-10,20,26,30-31H,11-14H2,1-4H3,(H,27,28)/t20-/m0/s1. The van der Waals surface area contributed by atoms with Gasteiger partial charge in [-0.1, -0.05) is 30.3 Å². The summed E-state index contributed by atoms with van der Waals surface area (Å²) in [5, 5.41) is 25.8. The van der Waals surface area contributed by atoms with Gasteiger partial charge in [0.25, 0.3) is 0 Å². The lowest BCUT2D eigenvalue weighted by molar-refractivity contribution is -0.120. The summed E-state index contributed by atoms with van der Waals surface area (Å²) in [7, 11) is -0.369. The second kappa shape index (κ2) is 10.4. The van der Waals surface area contributed by atoms with Gasteiger partial charge in [0.15, 0.2) is 0 Å². The Morgan fingerprint density at radius 3 is 2.55 bits per heavy atom. The molecule has 1 heterocycles. The maximum atomic E-state index is 12.6. The molecule has 0 unspecified atom stereocenters. The molecule has 8 nitrogen and oxygen atoms in total. The summed E-state index contributed by atoms with van der Waals surface area (Å²) in [5.74, 6) is -1.59. The number of rotatable bonds is 8. The molecule has 3 rings (SSSR count). The van der Waals surface area contributed by atoms with Crippen LogP contribution in [0.1, 0.15) is 53.4 Å². The summed E-state index contributed by atoms with van der Waals surface area (Å²) in [6.07, 6.45) is 0.170. The molecule has 0 saturated carbocycles. The van der Waals surface area contributed by atoms with E-state index in [1.807, 2.05) is 18.2 Å². The summed E-state index contributed by atoms with van der Waals surface area (Å²) < 4.78 is 10.9. The smallest absolute Gasteiger partial charge is 0.475 e. The van der Waals surface area contributed by atoms with Gasteiger partial charge in [0.1, 0.15) is 16.9 Å². The fourth-order valence-electron chi connectivity index (χ4n) is 3.85. The number of methoxy groups -OCH3 is 1. The van der Waals surface area contributed by atoms with E-state index in [0.29, 0.717) is 5.56 Å². The van der Waals surface area contributed by atoms with Crippen LogP contribution < -0.4 is 15.4 Å². The molecule has 0 fully saturated rings. The normalized spacial score (nSPS) is 13.8. The highest BCUT2D eigenvalue weighted by molar-refractivity contribution is 6.43. The average Bonchev–Trinajstić information content (AvgIpc) is 3.19. The van der Waals surface area contributed by atoms with Crippen molar-refractivity contribution in [2.45, 2.75) is 58.2 Å². The largest absolute Gasteiger partial charge is 0.496 e. The third-order valence-corrected chi connectivity index (χ3v) is 5.33. The van der Waals surface area contributed by atoms with Gasteiger partial charge in [-0.05, 0) is 55.5 Å². The van der Waals surface area contributed by atoms with E-state index in [-0.39, 0.29) is 30.1 Å². The molecule has 0 bridgehead atoms. The van der Waals surface area contributed by atoms with E-state index in [9.17, 15) is 19.6 Å². The third kappa shape index (κ3) is 6.57. The van der Waals surface area contributed by atoms with Gasteiger partial charge >= 0.3 is 13.1 Å². The second-order valence-corrected chi connectivity index (χ2v) is 9.17. The predicted octanol–water partition coefficient (Wildman–Crippen LogP) is 1.54. The van der Waals surface area contributed by atoms with Gasteiger partial charge in [-0.15, -0.1) is 0 Å². The summed E-state index contributed by atoms with van der Waals surface area (Å²) >= 11 is 0. The first kappa shape index (κ1) is 24.8. The lowest BCUT2D eigenvalue weighted by Gasteiger charge is -2.22. The van der Waals surface area contributed by atoms with Crippen LogP contribution in [-0.4, -0.2) is 47.7 Å². The Bertz CT molecular complexity index is 1020. The lowest BCUT2D eigenvalue weighted by Crippen LogP contribution is -2.48. The quantitative estimate of drug-likeness (QED) is 0.353. The Morgan fingerprint density at radius 2 is 1.88 bits per heavy atom. The lowest BCUT2D eigenvalue weighted by atomic mass is 9.75. The molecule has 1 atom stereocenters. The number of hydrogen-bond acceptors (Lipinski definition) is 7. The van der Waals surface area contributed by atoms with Crippen molar-refractivity contribution in [1.29, 1.82) is 0 Å². The summed E-state index contributed by atoms with van der Waals surface area (Å²) in [4.78, 5) is 25.2. The van der Waals surface area contributed by atoms with Gasteiger partial charge < -0.3 is 30.2 Å². The number of esters is 1. The molecule has 1 amide bonds. The molecule has 0 aromatic heterocycles. The fraction of sp³-hybridized carbons (Fsp3) is 0.417. The van der Waals surface area contributed by atoms with Gasteiger partial charge in [0.05, 0.1) is 19.5 Å². The highest BCUT2D eigenvalue weighted by Crippen LogP contribution is 2.27. The molecular formula is C24H31BN2O6. The van der Waals surface area contributed by atoms with Gasteiger partial charge in [0.2, 0.25) is 5.91 Å². The minimum absolute atomic E-state index is 0.0529. The van der Waals surface area contributed by atoms with E-state index in [2.05, 4.69) is 10.6 Å². The number of benzene rings is 2. The predicted molar refractivity (Wildman–Crippen MR) is 125 cm³/mol. The number of nitrogens with one attached hydrogen (secondary N) is 2. The molecular weight excluding hydrogens is 423 g/mol. The maximum Gasteiger partial charge on any atom is 0.475 e. The molecule has 1 aliphatic heterocycles. The molecule has 0 spiro atoms. The van der Waals surface area contributed by atoms with Crippen molar-refractivity contribution in [1.82, 2.24) is 10.6 Å². The maximum absolute atomic E-state index is 12.6. The van der Waals surface area contributed by atoms with Crippen molar-refractivity contribution in [3.05, 3.63) is 64.2 Å². The van der Waals surface area contributed by atoms with Crippen molar-refractivity contribution in [2.24, 2.45) is 0 Å². The number of fused-ring (bicyclic) bond motifs is 1. The Kier molecular flexibility index (Phi) is 7.78. The number of carbonyl (C=O) groups excluding carboxylic acids is 2. The van der Waals surface area contributed by atoms with Crippen molar-refractivity contribution >= 4 is 19.0 Å². The highest BCUT2D eigenvalue weighted by Gasteiger charge is 2.29. The zero-order valence-electron chi connectivity index (χ0n) is 19.5. The van der Waals surface area contributed by atoms with Crippen molar-refractivity contribution in [3.63, 3.8) is 0 Å². The van der Waals surface area contributed by atoms with Crippen LogP contribution in [0.3, 0.4) is 0 Å². The topological polar surface area (TPSA) is 117 Å². The molecule has 4 N–H and O–H groups in total. The minimum atomic E-state index is -1.80. The van der Waals surface area contributed by atoms with Crippen LogP contribution in [0.2, 0.25) is 0 Å². The first-order valence-electron chi connectivity index (χ1n) is 10.9. The second-order valence-electron chi connectivity index (χ2n) is 9.17. The fourth-order valence-corrected chi connectivity index (χ4v) is 3.85. The summed E-state index contributed by atoms with van der Waals surface area (Å²) in [5.41, 5.74) is 3.34. The Hall–Kier alpha value is -2.88. The average molecular weight is 454 g/mol. The summed E-state index contributed by atoms with van der Waals surface area (Å²) in [6, 6.07) is 10.9. The van der Waals surface area contributed by atoms with E-state index in [0.717, 1.165) is 18.7 Å². The number of para-hydroxylation sites is 1. The van der Waals surface area contributed by atoms with Crippen LogP contribution in [-0.2, 0) is 35.5 Å². The monoisotopic (exact) mass is 454 g/mol. The number of carbonyl (C=O) groups is 2. The van der Waals surface area contributed by atoms with Gasteiger partial charge in [0, 0.05) is 13.1 Å². The molecule has 2 aromatic carbocycles. The number of amides is 1. The van der Waals surface area contributed by atoms with Gasteiger partial charge in [-0.3, -0.25) is 4.79 Å². The van der Waals surface area contributed by atoms with Crippen LogP contribution in [0.5, 0.6) is 5.75 Å². The van der Waals surface area contributed by atoms with E-state index >= 15 is 0 Å². The van der Waals surface area contributed by atoms with Gasteiger partial charge in [-0.25, -0.2) is 4.79 Å². The van der Waals surface area contributed by atoms with Crippen molar-refractivity contribution in [2.75, 3.05) is 7.11 Å². The molecule has 176 valence electrons. The zero-order chi connectivity index (χ0) is 24.2. The van der Waals surface area contributed by atoms with Crippen LogP contribution in [0.25, 0.3) is 0 Å². The van der Waals surface area contributed by atoms with E-state index in [1.54, 1.807) is 39.0 Å². The van der Waals surface area contributed by atoms with E-state index < -0.39 is 24.6 Å². The van der Waals surface area contributed by atoms with E-state index in [1.165, 1.54) is 18.2 Å². The molecule has 0 radical (unpaired) electrons. The van der Waals surface area contributed by atoms with Crippen LogP contribution in [0.4, 0.5) is 0 Å². The van der Waals surface area contributed by atoms with Gasteiger partial charge in [-0.2, -0.15) is 0 Å². The Balaban J connectivity index is 1.73. The molecule has 0 aliphatic carbocycles. The molecule has 2 aromatic rings. The highest BCUT2D eigenvalue weighted by atomic mass is 16.6. The number of ether oxygens (including phenoxy) is 2. The van der Waals surface area contributed by atoms with Crippen molar-refractivity contribution in [3.8, 4) is 5.75 Å². The van der Waals surface area contributed by atoms with Crippen LogP contribution in [0, 0.1) is 0 Å². The zero-order valence-corrected chi connectivity index (χ0v) is 19.5. The summed E-state index contributed by atoms with van der Waals surface area (Å²) in [6.45, 7) is 6.91. The molecule has 1 aliphatic rings. The van der Waals surface area contributed by atoms with Crippen LogP contribution >= 0.6 is 0 Å². The third-order valence-electron chi connectivity index (χ3n) is 5.33. The Labute approximate surface area is 194 Å². The first-order valence-corrected chi connectivity index (χ1v) is 10.9. The minimum Gasteiger partial charge on any atom is -0.496 e. The van der Waals surface area contributed by atoms with Crippen molar-refractivity contribution < 1.29 is 29.1 Å². The molecule has 0 saturated heterocycles. The number of hydrogen-bond donors (Lipinski definition) is 4.